The molecule has 2 aromatic carbocycles. The lowest BCUT2D eigenvalue weighted by atomic mass is 10.1. The Hall–Kier alpha value is -3.07. The van der Waals surface area contributed by atoms with Crippen molar-refractivity contribution in [3.05, 3.63) is 66.4 Å². The fourth-order valence-corrected chi connectivity index (χ4v) is 4.56. The Balaban J connectivity index is 1.45. The predicted octanol–water partition coefficient (Wildman–Crippen LogP) is 5.35. The van der Waals surface area contributed by atoms with Gasteiger partial charge in [-0.3, -0.25) is 9.78 Å². The first kappa shape index (κ1) is 19.9. The van der Waals surface area contributed by atoms with Crippen LogP contribution >= 0.6 is 11.8 Å². The van der Waals surface area contributed by atoms with Crippen molar-refractivity contribution >= 4 is 40.3 Å². The second kappa shape index (κ2) is 6.98. The first-order valence-corrected chi connectivity index (χ1v) is 10.4. The number of rotatable bonds is 4. The molecule has 31 heavy (non-hydrogen) atoms. The number of benzene rings is 2. The van der Waals surface area contributed by atoms with Gasteiger partial charge in [0.2, 0.25) is 0 Å². The van der Waals surface area contributed by atoms with Gasteiger partial charge < -0.3 is 4.90 Å². The van der Waals surface area contributed by atoms with E-state index in [0.29, 0.717) is 12.8 Å². The topological polar surface area (TPSA) is 53.5 Å². The van der Waals surface area contributed by atoms with E-state index in [0.717, 1.165) is 21.4 Å². The average molecular weight is 443 g/mol. The highest BCUT2D eigenvalue weighted by molar-refractivity contribution is 8.00. The van der Waals surface area contributed by atoms with Gasteiger partial charge in [0.1, 0.15) is 5.54 Å². The first-order valence-electron chi connectivity index (χ1n) is 9.63. The van der Waals surface area contributed by atoms with Crippen LogP contribution in [0.2, 0.25) is 0 Å². The number of carbonyl (C=O) groups is 2. The fourth-order valence-electron chi connectivity index (χ4n) is 4.02. The Morgan fingerprint density at radius 1 is 1.00 bits per heavy atom. The highest BCUT2D eigenvalue weighted by Gasteiger charge is 2.65. The van der Waals surface area contributed by atoms with Gasteiger partial charge in [-0.15, -0.1) is 0 Å². The maximum absolute atomic E-state index is 13.3. The number of imide groups is 1. The Bertz CT molecular complexity index is 1190. The SMILES string of the molecule is O=C1N(c2ccc(SC(F)(F)F)cc2)C(=O)C2(CC2)N1Cc1ccnc2ccccc12. The van der Waals surface area contributed by atoms with Crippen LogP contribution in [0.25, 0.3) is 10.9 Å². The summed E-state index contributed by atoms with van der Waals surface area (Å²) in [5.74, 6) is -0.327. The Morgan fingerprint density at radius 2 is 1.71 bits per heavy atom. The van der Waals surface area contributed by atoms with Gasteiger partial charge in [0, 0.05) is 23.0 Å². The quantitative estimate of drug-likeness (QED) is 0.403. The number of alkyl halides is 3. The van der Waals surface area contributed by atoms with Crippen LogP contribution in [0, 0.1) is 0 Å². The van der Waals surface area contributed by atoms with Gasteiger partial charge >= 0.3 is 11.5 Å². The van der Waals surface area contributed by atoms with E-state index >= 15 is 0 Å². The van der Waals surface area contributed by atoms with E-state index in [1.165, 1.54) is 24.3 Å². The maximum atomic E-state index is 13.3. The zero-order valence-corrected chi connectivity index (χ0v) is 16.9. The lowest BCUT2D eigenvalue weighted by Gasteiger charge is -2.22. The molecular weight excluding hydrogens is 427 g/mol. The molecule has 2 aliphatic rings. The molecule has 1 saturated heterocycles. The van der Waals surface area contributed by atoms with E-state index in [-0.39, 0.29) is 34.8 Å². The molecule has 0 unspecified atom stereocenters. The monoisotopic (exact) mass is 443 g/mol. The summed E-state index contributed by atoms with van der Waals surface area (Å²) in [4.78, 5) is 33.4. The van der Waals surface area contributed by atoms with Crippen molar-refractivity contribution in [1.82, 2.24) is 9.88 Å². The molecule has 2 fully saturated rings. The van der Waals surface area contributed by atoms with Gasteiger partial charge in [0.05, 0.1) is 11.2 Å². The summed E-state index contributed by atoms with van der Waals surface area (Å²) in [6.07, 6.45) is 2.81. The largest absolute Gasteiger partial charge is 0.446 e. The number of nitrogens with zero attached hydrogens (tertiary/aromatic N) is 3. The molecule has 3 amide bonds. The second-order valence-electron chi connectivity index (χ2n) is 7.57. The van der Waals surface area contributed by atoms with Crippen molar-refractivity contribution in [2.24, 2.45) is 0 Å². The summed E-state index contributed by atoms with van der Waals surface area (Å²) in [5, 5.41) is 0.910. The number of carbonyl (C=O) groups excluding carboxylic acids is 2. The molecule has 158 valence electrons. The predicted molar refractivity (Wildman–Crippen MR) is 110 cm³/mol. The van der Waals surface area contributed by atoms with E-state index in [2.05, 4.69) is 4.98 Å². The Morgan fingerprint density at radius 3 is 2.39 bits per heavy atom. The fraction of sp³-hybridized carbons (Fsp3) is 0.227. The van der Waals surface area contributed by atoms with E-state index < -0.39 is 17.1 Å². The van der Waals surface area contributed by atoms with Gasteiger partial charge in [-0.25, -0.2) is 9.69 Å². The molecule has 9 heteroatoms. The highest BCUT2D eigenvalue weighted by atomic mass is 32.2. The number of para-hydroxylation sites is 1. The molecule has 1 spiro atoms. The zero-order chi connectivity index (χ0) is 21.8. The second-order valence-corrected chi connectivity index (χ2v) is 8.71. The number of aromatic nitrogens is 1. The molecule has 1 aromatic heterocycles. The number of hydrogen-bond acceptors (Lipinski definition) is 4. The summed E-state index contributed by atoms with van der Waals surface area (Å²) in [6.45, 7) is 0.256. The highest BCUT2D eigenvalue weighted by Crippen LogP contribution is 2.50. The molecule has 0 radical (unpaired) electrons. The third-order valence-corrected chi connectivity index (χ3v) is 6.40. The minimum Gasteiger partial charge on any atom is -0.305 e. The number of amides is 3. The smallest absolute Gasteiger partial charge is 0.305 e. The lowest BCUT2D eigenvalue weighted by molar-refractivity contribution is -0.120. The van der Waals surface area contributed by atoms with Crippen LogP contribution in [0.15, 0.2) is 65.7 Å². The van der Waals surface area contributed by atoms with E-state index in [4.69, 9.17) is 0 Å². The van der Waals surface area contributed by atoms with Crippen LogP contribution in [-0.2, 0) is 11.3 Å². The van der Waals surface area contributed by atoms with Crippen molar-refractivity contribution in [2.75, 3.05) is 4.90 Å². The van der Waals surface area contributed by atoms with Crippen LogP contribution in [0.5, 0.6) is 0 Å². The van der Waals surface area contributed by atoms with E-state index in [1.54, 1.807) is 11.1 Å². The standard InChI is InChI=1S/C22H16F3N3O2S/c23-22(24,25)31-16-7-5-15(6-8-16)28-19(29)21(10-11-21)27(20(28)30)13-14-9-12-26-18-4-2-1-3-17(14)18/h1-9,12H,10-11,13H2. The summed E-state index contributed by atoms with van der Waals surface area (Å²) >= 11 is -0.236. The summed E-state index contributed by atoms with van der Waals surface area (Å²) < 4.78 is 37.7. The molecule has 0 bridgehead atoms. The Kier molecular flexibility index (Phi) is 4.47. The molecular formula is C22H16F3N3O2S. The first-order chi connectivity index (χ1) is 14.8. The van der Waals surface area contributed by atoms with Gasteiger partial charge in [0.25, 0.3) is 5.91 Å². The molecule has 1 aliphatic carbocycles. The van der Waals surface area contributed by atoms with Crippen LogP contribution in [0.1, 0.15) is 18.4 Å². The molecule has 2 heterocycles. The number of urea groups is 1. The summed E-state index contributed by atoms with van der Waals surface area (Å²) in [7, 11) is 0. The van der Waals surface area contributed by atoms with Gasteiger partial charge in [0.15, 0.2) is 0 Å². The maximum Gasteiger partial charge on any atom is 0.446 e. The molecule has 5 nitrogen and oxygen atoms in total. The molecule has 0 atom stereocenters. The van der Waals surface area contributed by atoms with Gasteiger partial charge in [-0.1, -0.05) is 18.2 Å². The Labute approximate surface area is 179 Å². The summed E-state index contributed by atoms with van der Waals surface area (Å²) in [6, 6.07) is 14.3. The number of hydrogen-bond donors (Lipinski definition) is 0. The van der Waals surface area contributed by atoms with Crippen LogP contribution in [0.4, 0.5) is 23.7 Å². The van der Waals surface area contributed by atoms with E-state index in [1.807, 2.05) is 30.3 Å². The molecule has 0 N–H and O–H groups in total. The number of anilines is 1. The minimum atomic E-state index is -4.40. The normalized spacial score (nSPS) is 17.8. The molecule has 3 aromatic rings. The molecule has 5 rings (SSSR count). The number of thioether (sulfide) groups is 1. The van der Waals surface area contributed by atoms with Gasteiger partial charge in [-0.2, -0.15) is 13.2 Å². The lowest BCUT2D eigenvalue weighted by Crippen LogP contribution is -2.36. The van der Waals surface area contributed by atoms with Crippen molar-refractivity contribution in [3.8, 4) is 0 Å². The van der Waals surface area contributed by atoms with Crippen molar-refractivity contribution in [3.63, 3.8) is 0 Å². The number of halogens is 3. The minimum absolute atomic E-state index is 0.00316. The van der Waals surface area contributed by atoms with Crippen molar-refractivity contribution < 1.29 is 22.8 Å². The third kappa shape index (κ3) is 3.42. The van der Waals surface area contributed by atoms with Crippen LogP contribution in [-0.4, -0.2) is 32.9 Å². The van der Waals surface area contributed by atoms with Crippen LogP contribution in [0.3, 0.4) is 0 Å². The molecule has 1 saturated carbocycles. The van der Waals surface area contributed by atoms with Crippen molar-refractivity contribution in [2.45, 2.75) is 35.3 Å². The number of fused-ring (bicyclic) bond motifs is 1. The van der Waals surface area contributed by atoms with Crippen molar-refractivity contribution in [1.29, 1.82) is 0 Å². The summed E-state index contributed by atoms with van der Waals surface area (Å²) in [5.41, 5.74) is -3.31. The van der Waals surface area contributed by atoms with E-state index in [9.17, 15) is 22.8 Å². The van der Waals surface area contributed by atoms with Gasteiger partial charge in [-0.05, 0) is 66.6 Å². The average Bonchev–Trinajstić information content (AvgIpc) is 3.50. The molecule has 1 aliphatic heterocycles. The zero-order valence-electron chi connectivity index (χ0n) is 16.1. The number of pyridine rings is 1. The third-order valence-electron chi connectivity index (χ3n) is 5.66. The van der Waals surface area contributed by atoms with Crippen LogP contribution < -0.4 is 4.90 Å².